The Morgan fingerprint density at radius 2 is 2.33 bits per heavy atom. The summed E-state index contributed by atoms with van der Waals surface area (Å²) in [6, 6.07) is 5.60. The van der Waals surface area contributed by atoms with E-state index in [0.717, 1.165) is 5.69 Å². The van der Waals surface area contributed by atoms with Crippen molar-refractivity contribution in [2.45, 2.75) is 13.0 Å². The van der Waals surface area contributed by atoms with Gasteiger partial charge in [-0.2, -0.15) is 0 Å². The van der Waals surface area contributed by atoms with Crippen molar-refractivity contribution >= 4 is 11.6 Å². The van der Waals surface area contributed by atoms with E-state index in [1.165, 1.54) is 0 Å². The Balaban J connectivity index is 2.16. The maximum atomic E-state index is 11.8. The predicted octanol–water partition coefficient (Wildman–Crippen LogP) is -0.274. The Hall–Kier alpha value is -1.92. The Morgan fingerprint density at radius 1 is 1.56 bits per heavy atom. The Kier molecular flexibility index (Phi) is 3.59. The summed E-state index contributed by atoms with van der Waals surface area (Å²) in [7, 11) is 0. The maximum absolute atomic E-state index is 11.8. The molecule has 0 aliphatic rings. The number of carbonyl (C=O) groups excluding carboxylic acids is 1. The molecule has 6 heteroatoms. The molecule has 0 aliphatic heterocycles. The largest absolute Gasteiger partial charge is 0.394 e. The van der Waals surface area contributed by atoms with Gasteiger partial charge in [-0.3, -0.25) is 4.79 Å². The molecule has 0 spiro atoms. The number of fused-ring (bicyclic) bond motifs is 1. The van der Waals surface area contributed by atoms with Crippen LogP contribution in [0, 0.1) is 6.92 Å². The number of aliphatic hydroxyl groups is 2. The minimum absolute atomic E-state index is 0.00217. The fraction of sp³-hybridized carbons (Fsp3) is 0.333. The number of imidazole rings is 1. The third-order valence-electron chi connectivity index (χ3n) is 2.64. The number of nitrogens with one attached hydrogen (secondary N) is 1. The van der Waals surface area contributed by atoms with Gasteiger partial charge >= 0.3 is 0 Å². The van der Waals surface area contributed by atoms with Gasteiger partial charge < -0.3 is 19.9 Å². The summed E-state index contributed by atoms with van der Waals surface area (Å²) >= 11 is 0. The van der Waals surface area contributed by atoms with Crippen molar-refractivity contribution in [1.29, 1.82) is 0 Å². The van der Waals surface area contributed by atoms with E-state index in [-0.39, 0.29) is 24.8 Å². The van der Waals surface area contributed by atoms with Crippen molar-refractivity contribution in [2.24, 2.45) is 0 Å². The van der Waals surface area contributed by atoms with Gasteiger partial charge in [-0.25, -0.2) is 4.98 Å². The number of amides is 1. The molecular weight excluding hydrogens is 234 g/mol. The quantitative estimate of drug-likeness (QED) is 0.696. The lowest BCUT2D eigenvalue weighted by Gasteiger charge is -2.07. The first-order valence-corrected chi connectivity index (χ1v) is 5.63. The number of aliphatic hydroxyl groups excluding tert-OH is 2. The van der Waals surface area contributed by atoms with Crippen LogP contribution in [0.3, 0.4) is 0 Å². The molecule has 2 heterocycles. The lowest BCUT2D eigenvalue weighted by Crippen LogP contribution is -2.34. The van der Waals surface area contributed by atoms with Crippen LogP contribution in [0.1, 0.15) is 16.2 Å². The number of hydrogen-bond acceptors (Lipinski definition) is 4. The van der Waals surface area contributed by atoms with E-state index in [0.29, 0.717) is 5.65 Å². The zero-order valence-electron chi connectivity index (χ0n) is 10.00. The molecule has 0 aliphatic carbocycles. The van der Waals surface area contributed by atoms with Crippen molar-refractivity contribution in [3.05, 3.63) is 35.8 Å². The number of pyridine rings is 1. The molecule has 1 atom stereocenters. The third-order valence-corrected chi connectivity index (χ3v) is 2.64. The summed E-state index contributed by atoms with van der Waals surface area (Å²) in [6.07, 6.45) is 0.693. The summed E-state index contributed by atoms with van der Waals surface area (Å²) in [5.74, 6) is -0.370. The van der Waals surface area contributed by atoms with Crippen LogP contribution in [0.25, 0.3) is 5.65 Å². The Bertz CT molecular complexity index is 565. The minimum atomic E-state index is -0.951. The van der Waals surface area contributed by atoms with Crippen LogP contribution in [-0.2, 0) is 0 Å². The highest BCUT2D eigenvalue weighted by atomic mass is 16.3. The monoisotopic (exact) mass is 249 g/mol. The van der Waals surface area contributed by atoms with Crippen molar-refractivity contribution < 1.29 is 15.0 Å². The SMILES string of the molecule is Cc1cccc2nc(C(=O)NCC(O)CO)cn12. The predicted molar refractivity (Wildman–Crippen MR) is 65.4 cm³/mol. The number of aryl methyl sites for hydroxylation is 1. The van der Waals surface area contributed by atoms with E-state index in [1.54, 1.807) is 6.20 Å². The van der Waals surface area contributed by atoms with E-state index in [2.05, 4.69) is 10.3 Å². The fourth-order valence-electron chi connectivity index (χ4n) is 1.62. The van der Waals surface area contributed by atoms with Crippen LogP contribution in [0.2, 0.25) is 0 Å². The zero-order chi connectivity index (χ0) is 13.1. The van der Waals surface area contributed by atoms with Crippen molar-refractivity contribution in [2.75, 3.05) is 13.2 Å². The smallest absolute Gasteiger partial charge is 0.271 e. The molecule has 0 saturated heterocycles. The molecule has 2 aromatic heterocycles. The molecule has 1 amide bonds. The van der Waals surface area contributed by atoms with Gasteiger partial charge in [0, 0.05) is 18.4 Å². The van der Waals surface area contributed by atoms with Gasteiger partial charge in [-0.05, 0) is 19.1 Å². The van der Waals surface area contributed by atoms with E-state index < -0.39 is 6.10 Å². The van der Waals surface area contributed by atoms with Gasteiger partial charge in [-0.15, -0.1) is 0 Å². The lowest BCUT2D eigenvalue weighted by molar-refractivity contribution is 0.0799. The number of nitrogens with zero attached hydrogens (tertiary/aromatic N) is 2. The number of aromatic nitrogens is 2. The zero-order valence-corrected chi connectivity index (χ0v) is 10.00. The summed E-state index contributed by atoms with van der Waals surface area (Å²) in [5.41, 5.74) is 1.96. The van der Waals surface area contributed by atoms with Gasteiger partial charge in [-0.1, -0.05) is 6.07 Å². The molecule has 18 heavy (non-hydrogen) atoms. The van der Waals surface area contributed by atoms with E-state index >= 15 is 0 Å². The number of carbonyl (C=O) groups is 1. The molecule has 0 saturated carbocycles. The molecule has 0 radical (unpaired) electrons. The molecule has 6 nitrogen and oxygen atoms in total. The van der Waals surface area contributed by atoms with Crippen LogP contribution in [0.5, 0.6) is 0 Å². The highest BCUT2D eigenvalue weighted by molar-refractivity contribution is 5.92. The lowest BCUT2D eigenvalue weighted by atomic mass is 10.3. The summed E-state index contributed by atoms with van der Waals surface area (Å²) in [4.78, 5) is 16.0. The Labute approximate surface area is 104 Å². The van der Waals surface area contributed by atoms with Crippen molar-refractivity contribution in [3.63, 3.8) is 0 Å². The van der Waals surface area contributed by atoms with Gasteiger partial charge in [0.05, 0.1) is 12.7 Å². The average Bonchev–Trinajstić information content (AvgIpc) is 2.81. The van der Waals surface area contributed by atoms with Crippen LogP contribution in [0.15, 0.2) is 24.4 Å². The van der Waals surface area contributed by atoms with Crippen LogP contribution in [-0.4, -0.2) is 44.8 Å². The normalized spacial score (nSPS) is 12.6. The summed E-state index contributed by atoms with van der Waals surface area (Å²) in [5, 5.41) is 20.3. The number of rotatable bonds is 4. The molecular formula is C12H15N3O3. The highest BCUT2D eigenvalue weighted by Gasteiger charge is 2.12. The maximum Gasteiger partial charge on any atom is 0.271 e. The topological polar surface area (TPSA) is 86.9 Å². The first kappa shape index (κ1) is 12.5. The molecule has 1 unspecified atom stereocenters. The summed E-state index contributed by atoms with van der Waals surface area (Å²) in [6.45, 7) is 1.54. The van der Waals surface area contributed by atoms with Gasteiger partial charge in [0.15, 0.2) is 0 Å². The summed E-state index contributed by atoms with van der Waals surface area (Å²) < 4.78 is 1.82. The first-order chi connectivity index (χ1) is 8.61. The molecule has 3 N–H and O–H groups in total. The second-order valence-electron chi connectivity index (χ2n) is 4.07. The first-order valence-electron chi connectivity index (χ1n) is 5.63. The van der Waals surface area contributed by atoms with Crippen molar-refractivity contribution in [3.8, 4) is 0 Å². The van der Waals surface area contributed by atoms with Crippen LogP contribution >= 0.6 is 0 Å². The van der Waals surface area contributed by atoms with Gasteiger partial charge in [0.1, 0.15) is 11.3 Å². The molecule has 0 bridgehead atoms. The molecule has 2 aromatic rings. The van der Waals surface area contributed by atoms with Gasteiger partial charge in [0.25, 0.3) is 5.91 Å². The highest BCUT2D eigenvalue weighted by Crippen LogP contribution is 2.08. The van der Waals surface area contributed by atoms with E-state index in [4.69, 9.17) is 10.2 Å². The fourth-order valence-corrected chi connectivity index (χ4v) is 1.62. The second-order valence-corrected chi connectivity index (χ2v) is 4.07. The molecule has 96 valence electrons. The third kappa shape index (κ3) is 2.49. The van der Waals surface area contributed by atoms with E-state index in [9.17, 15) is 4.79 Å². The van der Waals surface area contributed by atoms with E-state index in [1.807, 2.05) is 29.5 Å². The Morgan fingerprint density at radius 3 is 3.00 bits per heavy atom. The van der Waals surface area contributed by atoms with Crippen molar-refractivity contribution in [1.82, 2.24) is 14.7 Å². The standard InChI is InChI=1S/C12H15N3O3/c1-8-3-2-4-11-14-10(6-15(8)11)12(18)13-5-9(17)7-16/h2-4,6,9,16-17H,5,7H2,1H3,(H,13,18). The number of hydrogen-bond donors (Lipinski definition) is 3. The second kappa shape index (κ2) is 5.16. The molecule has 2 rings (SSSR count). The molecule has 0 fully saturated rings. The van der Waals surface area contributed by atoms with Crippen LogP contribution < -0.4 is 5.32 Å². The van der Waals surface area contributed by atoms with Crippen LogP contribution in [0.4, 0.5) is 0 Å². The minimum Gasteiger partial charge on any atom is -0.394 e. The van der Waals surface area contributed by atoms with Gasteiger partial charge in [0.2, 0.25) is 0 Å². The average molecular weight is 249 g/mol. The molecule has 0 aromatic carbocycles.